The first-order valence-corrected chi connectivity index (χ1v) is 12.7. The number of benzene rings is 2. The van der Waals surface area contributed by atoms with Crippen molar-refractivity contribution < 1.29 is 4.74 Å². The summed E-state index contributed by atoms with van der Waals surface area (Å²) in [5, 5.41) is 14.0. The summed E-state index contributed by atoms with van der Waals surface area (Å²) in [6.45, 7) is 9.89. The molecule has 2 atom stereocenters. The predicted octanol–water partition coefficient (Wildman–Crippen LogP) is 3.05. The number of hydrogen-bond donors (Lipinski definition) is 1. The summed E-state index contributed by atoms with van der Waals surface area (Å²) in [6.07, 6.45) is 1.77. The second-order valence-corrected chi connectivity index (χ2v) is 10.5. The molecule has 0 radical (unpaired) electrons. The Labute approximate surface area is 205 Å². The van der Waals surface area contributed by atoms with Crippen LogP contribution in [0, 0.1) is 11.3 Å². The zero-order chi connectivity index (χ0) is 23.6. The van der Waals surface area contributed by atoms with Crippen LogP contribution in [-0.4, -0.2) is 67.4 Å². The van der Waals surface area contributed by atoms with E-state index in [1.54, 1.807) is 6.20 Å². The fourth-order valence-electron chi connectivity index (χ4n) is 6.51. The molecule has 7 heteroatoms. The van der Waals surface area contributed by atoms with E-state index in [-0.39, 0.29) is 5.60 Å². The summed E-state index contributed by atoms with van der Waals surface area (Å²) in [7, 11) is 0. The monoisotopic (exact) mass is 466 g/mol. The minimum absolute atomic E-state index is 0.00247. The van der Waals surface area contributed by atoms with Crippen LogP contribution in [0.15, 0.2) is 48.7 Å². The molecule has 1 aromatic heterocycles. The lowest BCUT2D eigenvalue weighted by atomic mass is 9.94. The van der Waals surface area contributed by atoms with Crippen molar-refractivity contribution in [1.29, 1.82) is 5.26 Å². The number of aromatic nitrogens is 1. The van der Waals surface area contributed by atoms with Crippen LogP contribution < -0.4 is 15.1 Å². The molecule has 35 heavy (non-hydrogen) atoms. The number of nitriles is 1. The molecular weight excluding hydrogens is 436 g/mol. The van der Waals surface area contributed by atoms with Gasteiger partial charge in [-0.1, -0.05) is 6.07 Å². The Hall–Kier alpha value is -3.18. The third-order valence-electron chi connectivity index (χ3n) is 8.40. The largest absolute Gasteiger partial charge is 0.369 e. The first kappa shape index (κ1) is 21.1. The Morgan fingerprint density at radius 3 is 2.89 bits per heavy atom. The molecule has 2 unspecified atom stereocenters. The van der Waals surface area contributed by atoms with Crippen LogP contribution in [0.25, 0.3) is 10.9 Å². The van der Waals surface area contributed by atoms with Crippen molar-refractivity contribution in [2.24, 2.45) is 0 Å². The topological polar surface area (TPSA) is 67.7 Å². The van der Waals surface area contributed by atoms with Crippen LogP contribution in [0.3, 0.4) is 0 Å². The van der Waals surface area contributed by atoms with E-state index in [4.69, 9.17) is 4.74 Å². The molecule has 0 aliphatic carbocycles. The Morgan fingerprint density at radius 2 is 2.06 bits per heavy atom. The highest BCUT2D eigenvalue weighted by molar-refractivity contribution is 5.95. The van der Waals surface area contributed by atoms with Crippen molar-refractivity contribution in [3.63, 3.8) is 0 Å². The van der Waals surface area contributed by atoms with Crippen LogP contribution in [0.4, 0.5) is 11.4 Å². The summed E-state index contributed by atoms with van der Waals surface area (Å²) in [4.78, 5) is 12.2. The average Bonchev–Trinajstić information content (AvgIpc) is 3.25. The van der Waals surface area contributed by atoms with Gasteiger partial charge < -0.3 is 19.9 Å². The molecule has 178 valence electrons. The number of ether oxygens (including phenoxy) is 1. The molecule has 3 saturated heterocycles. The summed E-state index contributed by atoms with van der Waals surface area (Å²) in [5.74, 6) is 0. The molecule has 7 nitrogen and oxygen atoms in total. The van der Waals surface area contributed by atoms with Gasteiger partial charge in [-0.25, -0.2) is 0 Å². The quantitative estimate of drug-likeness (QED) is 0.623. The van der Waals surface area contributed by atoms with Gasteiger partial charge in [-0.15, -0.1) is 0 Å². The van der Waals surface area contributed by atoms with Gasteiger partial charge in [0.1, 0.15) is 11.7 Å². The Balaban J connectivity index is 1.19. The predicted molar refractivity (Wildman–Crippen MR) is 137 cm³/mol. The van der Waals surface area contributed by atoms with Gasteiger partial charge in [0.2, 0.25) is 0 Å². The van der Waals surface area contributed by atoms with Gasteiger partial charge in [0.15, 0.2) is 0 Å². The molecule has 5 heterocycles. The van der Waals surface area contributed by atoms with Gasteiger partial charge in [-0.2, -0.15) is 5.26 Å². The van der Waals surface area contributed by atoms with Crippen molar-refractivity contribution in [2.75, 3.05) is 55.7 Å². The van der Waals surface area contributed by atoms with Crippen LogP contribution in [0.2, 0.25) is 0 Å². The van der Waals surface area contributed by atoms with Crippen molar-refractivity contribution in [3.05, 3.63) is 65.4 Å². The van der Waals surface area contributed by atoms with E-state index >= 15 is 0 Å². The lowest BCUT2D eigenvalue weighted by molar-refractivity contribution is -0.0881. The molecule has 0 saturated carbocycles. The second-order valence-electron chi connectivity index (χ2n) is 10.5. The van der Waals surface area contributed by atoms with Crippen molar-refractivity contribution in [2.45, 2.75) is 31.2 Å². The lowest BCUT2D eigenvalue weighted by Gasteiger charge is -2.49. The van der Waals surface area contributed by atoms with E-state index in [1.807, 2.05) is 12.1 Å². The number of fused-ring (bicyclic) bond motifs is 4. The Bertz CT molecular complexity index is 1350. The van der Waals surface area contributed by atoms with Crippen molar-refractivity contribution >= 4 is 22.3 Å². The number of pyridine rings is 1. The molecule has 3 aromatic rings. The fourth-order valence-corrected chi connectivity index (χ4v) is 6.51. The highest BCUT2D eigenvalue weighted by Crippen LogP contribution is 2.42. The summed E-state index contributed by atoms with van der Waals surface area (Å²) in [5.41, 5.74) is 6.85. The molecule has 2 aromatic carbocycles. The minimum atomic E-state index is 0.00247. The Morgan fingerprint density at radius 1 is 1.14 bits per heavy atom. The third kappa shape index (κ3) is 3.32. The maximum atomic E-state index is 9.55. The molecule has 4 aliphatic rings. The van der Waals surface area contributed by atoms with Gasteiger partial charge in [0, 0.05) is 74.8 Å². The van der Waals surface area contributed by atoms with E-state index in [9.17, 15) is 5.26 Å². The number of piperazine rings is 1. The normalized spacial score (nSPS) is 25.3. The SMILES string of the molecule is CC1CN(c2ccc(C#N)c3ncccc23)CC2c3ccc(N4CCOC5(CNC5)C4)cc3CN12. The Kier molecular flexibility index (Phi) is 4.78. The smallest absolute Gasteiger partial charge is 0.110 e. The molecule has 4 aliphatic heterocycles. The van der Waals surface area contributed by atoms with Crippen molar-refractivity contribution in [1.82, 2.24) is 15.2 Å². The summed E-state index contributed by atoms with van der Waals surface area (Å²) in [6, 6.07) is 18.3. The van der Waals surface area contributed by atoms with E-state index < -0.39 is 0 Å². The van der Waals surface area contributed by atoms with Crippen LogP contribution in [0.5, 0.6) is 0 Å². The van der Waals surface area contributed by atoms with Gasteiger partial charge in [-0.05, 0) is 54.4 Å². The molecule has 1 N–H and O–H groups in total. The maximum absolute atomic E-state index is 9.55. The molecular formula is C28H30N6O. The molecule has 3 fully saturated rings. The minimum Gasteiger partial charge on any atom is -0.369 e. The molecule has 0 bridgehead atoms. The van der Waals surface area contributed by atoms with E-state index in [0.717, 1.165) is 63.3 Å². The van der Waals surface area contributed by atoms with Gasteiger partial charge in [0.25, 0.3) is 0 Å². The molecule has 7 rings (SSSR count). The second kappa shape index (κ2) is 7.92. The van der Waals surface area contributed by atoms with E-state index in [1.165, 1.54) is 22.5 Å². The standard InChI is InChI=1S/C28H30N6O/c1-19-13-33(25-7-4-20(12-29)27-24(25)3-2-8-31-27)15-26-23-6-5-22(11-21(23)14-34(19)26)32-9-10-35-28(18-32)16-30-17-28/h2-8,11,19,26,30H,9-10,13-18H2,1H3. The van der Waals surface area contributed by atoms with Crippen LogP contribution in [0.1, 0.15) is 29.7 Å². The average molecular weight is 467 g/mol. The van der Waals surface area contributed by atoms with Crippen LogP contribution >= 0.6 is 0 Å². The van der Waals surface area contributed by atoms with E-state index in [0.29, 0.717) is 17.6 Å². The fraction of sp³-hybridized carbons (Fsp3) is 0.429. The zero-order valence-electron chi connectivity index (χ0n) is 20.1. The number of rotatable bonds is 2. The van der Waals surface area contributed by atoms with E-state index in [2.05, 4.69) is 68.3 Å². The maximum Gasteiger partial charge on any atom is 0.110 e. The summed E-state index contributed by atoms with van der Waals surface area (Å²) < 4.78 is 6.10. The zero-order valence-corrected chi connectivity index (χ0v) is 20.1. The first-order valence-electron chi connectivity index (χ1n) is 12.7. The van der Waals surface area contributed by atoms with Crippen LogP contribution in [-0.2, 0) is 11.3 Å². The highest BCUT2D eigenvalue weighted by atomic mass is 16.5. The molecule has 0 amide bonds. The summed E-state index contributed by atoms with van der Waals surface area (Å²) >= 11 is 0. The first-order chi connectivity index (χ1) is 17.1. The van der Waals surface area contributed by atoms with Crippen molar-refractivity contribution in [3.8, 4) is 6.07 Å². The number of morpholine rings is 1. The molecule has 1 spiro atoms. The van der Waals surface area contributed by atoms with Gasteiger partial charge in [-0.3, -0.25) is 9.88 Å². The number of hydrogen-bond acceptors (Lipinski definition) is 7. The number of nitrogens with one attached hydrogen (secondary N) is 1. The highest BCUT2D eigenvalue weighted by Gasteiger charge is 2.43. The number of anilines is 2. The van der Waals surface area contributed by atoms with Gasteiger partial charge in [0.05, 0.1) is 23.7 Å². The number of nitrogens with zero attached hydrogens (tertiary/aromatic N) is 5. The third-order valence-corrected chi connectivity index (χ3v) is 8.40. The van der Waals surface area contributed by atoms with Gasteiger partial charge >= 0.3 is 0 Å². The lowest BCUT2D eigenvalue weighted by Crippen LogP contribution is -2.69.